The number of nitrogens with zero attached hydrogens (tertiary/aromatic N) is 3. The molecule has 4 heteroatoms. The number of rotatable bonds is 7. The van der Waals surface area contributed by atoms with Crippen LogP contribution in [0.4, 0.5) is 0 Å². The summed E-state index contributed by atoms with van der Waals surface area (Å²) in [4.78, 5) is 13.9. The third kappa shape index (κ3) is 4.73. The van der Waals surface area contributed by atoms with Crippen molar-refractivity contribution in [2.45, 2.75) is 11.8 Å². The van der Waals surface area contributed by atoms with E-state index in [4.69, 9.17) is 10.7 Å². The van der Waals surface area contributed by atoms with E-state index in [0.717, 1.165) is 17.0 Å². The predicted octanol–water partition coefficient (Wildman–Crippen LogP) is 7.83. The second kappa shape index (κ2) is 11.3. The Bertz CT molecular complexity index is 1880. The monoisotopic (exact) mass is 554 g/mol. The van der Waals surface area contributed by atoms with Crippen molar-refractivity contribution in [3.8, 4) is 11.1 Å². The molecule has 2 heterocycles. The number of allylic oxidation sites excluding steroid dienone is 1. The predicted molar refractivity (Wildman–Crippen MR) is 175 cm³/mol. The van der Waals surface area contributed by atoms with Gasteiger partial charge in [-0.15, -0.1) is 0 Å². The van der Waals surface area contributed by atoms with E-state index in [1.807, 2.05) is 42.5 Å². The zero-order valence-electron chi connectivity index (χ0n) is 23.6. The lowest BCUT2D eigenvalue weighted by atomic mass is 9.67. The molecule has 7 rings (SSSR count). The molecule has 4 aromatic carbocycles. The van der Waals surface area contributed by atoms with Gasteiger partial charge in [0.2, 0.25) is 0 Å². The van der Waals surface area contributed by atoms with Crippen molar-refractivity contribution in [2.75, 3.05) is 0 Å². The number of hydrogen-bond donors (Lipinski definition) is 1. The van der Waals surface area contributed by atoms with Crippen molar-refractivity contribution in [3.05, 3.63) is 197 Å². The van der Waals surface area contributed by atoms with Gasteiger partial charge in [-0.25, -0.2) is 4.99 Å². The second-order valence-electron chi connectivity index (χ2n) is 10.6. The fraction of sp³-hybridized carbons (Fsp3) is 0.0513. The summed E-state index contributed by atoms with van der Waals surface area (Å²) in [7, 11) is 0. The molecule has 4 nitrogen and oxygen atoms in total. The first-order valence-corrected chi connectivity index (χ1v) is 14.5. The topological polar surface area (TPSA) is 64.2 Å². The van der Waals surface area contributed by atoms with Gasteiger partial charge < -0.3 is 5.73 Å². The quantitative estimate of drug-likeness (QED) is 0.161. The Morgan fingerprint density at radius 2 is 1.19 bits per heavy atom. The lowest BCUT2D eigenvalue weighted by Gasteiger charge is -2.34. The molecule has 6 aromatic rings. The van der Waals surface area contributed by atoms with Gasteiger partial charge in [0.15, 0.2) is 0 Å². The van der Waals surface area contributed by atoms with Crippen LogP contribution >= 0.6 is 0 Å². The Kier molecular flexibility index (Phi) is 6.94. The molecule has 0 radical (unpaired) electrons. The fourth-order valence-corrected chi connectivity index (χ4v) is 6.24. The number of fused-ring (bicyclic) bond motifs is 3. The highest BCUT2D eigenvalue weighted by Crippen LogP contribution is 2.55. The van der Waals surface area contributed by atoms with E-state index < -0.39 is 5.41 Å². The van der Waals surface area contributed by atoms with Gasteiger partial charge in [-0.2, -0.15) is 0 Å². The molecule has 0 saturated heterocycles. The minimum Gasteiger partial charge on any atom is -0.383 e. The average Bonchev–Trinajstić information content (AvgIpc) is 3.39. The molecule has 0 amide bonds. The van der Waals surface area contributed by atoms with E-state index in [9.17, 15) is 0 Å². The Morgan fingerprint density at radius 1 is 0.605 bits per heavy atom. The minimum absolute atomic E-state index is 0.436. The molecule has 1 aliphatic rings. The molecule has 206 valence electrons. The molecule has 0 unspecified atom stereocenters. The van der Waals surface area contributed by atoms with Gasteiger partial charge in [-0.1, -0.05) is 121 Å². The standard InChI is InChI=1S/C39H30N4/c40-38(43-37(36-19-9-11-27-42-36)25-24-31-14-8-10-26-41-31)28-20-22-30(23-21-28)39(29-12-2-1-3-13-29)34-17-6-4-15-32(34)33-16-5-7-18-35(33)39/h1-23,25-27H,24H2,(H2,40,43)/b37-25-. The number of benzene rings is 4. The number of aromatic nitrogens is 2. The molecule has 1 aliphatic carbocycles. The van der Waals surface area contributed by atoms with Crippen LogP contribution in [0.15, 0.2) is 163 Å². The second-order valence-corrected chi connectivity index (χ2v) is 10.6. The molecule has 0 spiro atoms. The smallest absolute Gasteiger partial charge is 0.131 e. The van der Waals surface area contributed by atoms with Crippen LogP contribution in [0, 0.1) is 0 Å². The van der Waals surface area contributed by atoms with Crippen molar-refractivity contribution in [2.24, 2.45) is 10.7 Å². The molecule has 0 aliphatic heterocycles. The van der Waals surface area contributed by atoms with E-state index >= 15 is 0 Å². The van der Waals surface area contributed by atoms with E-state index in [0.29, 0.717) is 18.0 Å². The molecular formula is C39H30N4. The molecule has 2 N–H and O–H groups in total. The van der Waals surface area contributed by atoms with Crippen molar-refractivity contribution >= 4 is 11.5 Å². The summed E-state index contributed by atoms with van der Waals surface area (Å²) < 4.78 is 0. The van der Waals surface area contributed by atoms with E-state index in [1.165, 1.54) is 33.4 Å². The maximum Gasteiger partial charge on any atom is 0.131 e. The summed E-state index contributed by atoms with van der Waals surface area (Å²) in [5.41, 5.74) is 17.0. The molecule has 0 bridgehead atoms. The maximum absolute atomic E-state index is 6.67. The van der Waals surface area contributed by atoms with Crippen molar-refractivity contribution < 1.29 is 0 Å². The van der Waals surface area contributed by atoms with E-state index in [-0.39, 0.29) is 0 Å². The van der Waals surface area contributed by atoms with Gasteiger partial charge >= 0.3 is 0 Å². The summed E-state index contributed by atoms with van der Waals surface area (Å²) in [6.07, 6.45) is 6.22. The highest BCUT2D eigenvalue weighted by molar-refractivity contribution is 6.00. The highest BCUT2D eigenvalue weighted by Gasteiger charge is 2.45. The van der Waals surface area contributed by atoms with E-state index in [2.05, 4.69) is 113 Å². The molecule has 2 aromatic heterocycles. The van der Waals surface area contributed by atoms with Crippen LogP contribution in [0.2, 0.25) is 0 Å². The Morgan fingerprint density at radius 3 is 1.81 bits per heavy atom. The Labute approximate surface area is 252 Å². The average molecular weight is 555 g/mol. The largest absolute Gasteiger partial charge is 0.383 e. The molecule has 0 saturated carbocycles. The van der Waals surface area contributed by atoms with Gasteiger partial charge in [0.1, 0.15) is 5.84 Å². The summed E-state index contributed by atoms with van der Waals surface area (Å²) in [6, 6.07) is 48.5. The number of hydrogen-bond acceptors (Lipinski definition) is 3. The third-order valence-electron chi connectivity index (χ3n) is 8.17. The normalized spacial score (nSPS) is 13.8. The van der Waals surface area contributed by atoms with Crippen LogP contribution in [0.5, 0.6) is 0 Å². The molecular weight excluding hydrogens is 524 g/mol. The van der Waals surface area contributed by atoms with E-state index in [1.54, 1.807) is 12.4 Å². The van der Waals surface area contributed by atoms with Crippen molar-refractivity contribution in [1.29, 1.82) is 0 Å². The molecule has 43 heavy (non-hydrogen) atoms. The summed E-state index contributed by atoms with van der Waals surface area (Å²) >= 11 is 0. The first-order chi connectivity index (χ1) is 21.2. The van der Waals surface area contributed by atoms with Crippen LogP contribution in [0.1, 0.15) is 39.2 Å². The zero-order valence-corrected chi connectivity index (χ0v) is 23.6. The summed E-state index contributed by atoms with van der Waals surface area (Å²) in [5.74, 6) is 0.436. The van der Waals surface area contributed by atoms with Crippen LogP contribution < -0.4 is 5.73 Å². The Balaban J connectivity index is 1.32. The van der Waals surface area contributed by atoms with Crippen molar-refractivity contribution in [3.63, 3.8) is 0 Å². The third-order valence-corrected chi connectivity index (χ3v) is 8.17. The number of pyridine rings is 2. The van der Waals surface area contributed by atoms with Gasteiger partial charge in [0.05, 0.1) is 16.8 Å². The van der Waals surface area contributed by atoms with Crippen LogP contribution in [0.25, 0.3) is 16.8 Å². The van der Waals surface area contributed by atoms with Gasteiger partial charge in [0, 0.05) is 30.1 Å². The SMILES string of the molecule is NC(=N/C(=C\Cc1ccccn1)c1ccccn1)c1ccc(C2(c3ccccc3)c3ccccc3-c3ccccc32)cc1. The molecule has 0 atom stereocenters. The van der Waals surface area contributed by atoms with Gasteiger partial charge in [-0.05, 0) is 57.6 Å². The van der Waals surface area contributed by atoms with Crippen LogP contribution in [-0.4, -0.2) is 15.8 Å². The first kappa shape index (κ1) is 26.3. The minimum atomic E-state index is -0.444. The Hall–Kier alpha value is -5.61. The summed E-state index contributed by atoms with van der Waals surface area (Å²) in [5, 5.41) is 0. The molecule has 0 fully saturated rings. The number of aliphatic imine (C=N–C) groups is 1. The lowest BCUT2D eigenvalue weighted by molar-refractivity contribution is 0.768. The van der Waals surface area contributed by atoms with Crippen molar-refractivity contribution in [1.82, 2.24) is 9.97 Å². The van der Waals surface area contributed by atoms with Crippen LogP contribution in [-0.2, 0) is 11.8 Å². The highest BCUT2D eigenvalue weighted by atomic mass is 14.9. The van der Waals surface area contributed by atoms with Gasteiger partial charge in [-0.3, -0.25) is 9.97 Å². The first-order valence-electron chi connectivity index (χ1n) is 14.5. The summed E-state index contributed by atoms with van der Waals surface area (Å²) in [6.45, 7) is 0. The zero-order chi connectivity index (χ0) is 29.1. The van der Waals surface area contributed by atoms with Gasteiger partial charge in [0.25, 0.3) is 0 Å². The number of amidine groups is 1. The van der Waals surface area contributed by atoms with Crippen LogP contribution in [0.3, 0.4) is 0 Å². The number of nitrogens with two attached hydrogens (primary N) is 1. The maximum atomic E-state index is 6.67. The lowest BCUT2D eigenvalue weighted by Crippen LogP contribution is -2.28. The fourth-order valence-electron chi connectivity index (χ4n) is 6.24.